The lowest BCUT2D eigenvalue weighted by Crippen LogP contribution is -2.04. The predicted octanol–water partition coefficient (Wildman–Crippen LogP) is 2.90. The van der Waals surface area contributed by atoms with Crippen molar-refractivity contribution in [3.8, 4) is 29.1 Å². The van der Waals surface area contributed by atoms with Crippen molar-refractivity contribution in [3.63, 3.8) is 0 Å². The molecular formula is C19H18O5. The Kier molecular flexibility index (Phi) is 5.69. The normalized spacial score (nSPS) is 9.50. The van der Waals surface area contributed by atoms with Crippen LogP contribution in [-0.4, -0.2) is 34.4 Å². The van der Waals surface area contributed by atoms with Gasteiger partial charge in [-0.15, -0.1) is 0 Å². The van der Waals surface area contributed by atoms with Crippen LogP contribution in [0, 0.1) is 11.8 Å². The molecule has 0 radical (unpaired) electrons. The van der Waals surface area contributed by atoms with Gasteiger partial charge in [0.25, 0.3) is 0 Å². The monoisotopic (exact) mass is 326 g/mol. The highest BCUT2D eigenvalue weighted by Crippen LogP contribution is 2.27. The minimum Gasteiger partial charge on any atom is -0.496 e. The zero-order chi connectivity index (χ0) is 17.5. The maximum Gasteiger partial charge on any atom is 0.341 e. The van der Waals surface area contributed by atoms with Crippen molar-refractivity contribution >= 4 is 5.97 Å². The molecule has 5 heteroatoms. The van der Waals surface area contributed by atoms with Gasteiger partial charge in [0, 0.05) is 11.1 Å². The standard InChI is InChI=1S/C19H18O5/c1-21-16-10-8-14(12-18(16)23-3)6-5-13-7-9-15(19(20)24-4)17(11-13)22-2/h7-12H,1-4H3. The number of carbonyl (C=O) groups is 1. The summed E-state index contributed by atoms with van der Waals surface area (Å²) in [6.07, 6.45) is 0. The van der Waals surface area contributed by atoms with Gasteiger partial charge in [-0.25, -0.2) is 4.79 Å². The molecule has 0 heterocycles. The molecule has 0 aliphatic heterocycles. The van der Waals surface area contributed by atoms with Crippen molar-refractivity contribution in [2.24, 2.45) is 0 Å². The summed E-state index contributed by atoms with van der Waals surface area (Å²) in [6, 6.07) is 10.5. The van der Waals surface area contributed by atoms with Crippen LogP contribution in [0.5, 0.6) is 17.2 Å². The Morgan fingerprint density at radius 2 is 1.29 bits per heavy atom. The molecule has 0 aromatic heterocycles. The largest absolute Gasteiger partial charge is 0.496 e. The molecule has 0 bridgehead atoms. The number of carbonyl (C=O) groups excluding carboxylic acids is 1. The van der Waals surface area contributed by atoms with E-state index in [4.69, 9.17) is 18.9 Å². The Hall–Kier alpha value is -3.13. The van der Waals surface area contributed by atoms with E-state index in [0.717, 1.165) is 5.56 Å². The molecule has 0 aliphatic carbocycles. The van der Waals surface area contributed by atoms with E-state index in [1.165, 1.54) is 14.2 Å². The van der Waals surface area contributed by atoms with Crippen LogP contribution >= 0.6 is 0 Å². The average molecular weight is 326 g/mol. The van der Waals surface area contributed by atoms with Gasteiger partial charge < -0.3 is 18.9 Å². The highest BCUT2D eigenvalue weighted by molar-refractivity contribution is 5.92. The van der Waals surface area contributed by atoms with E-state index >= 15 is 0 Å². The van der Waals surface area contributed by atoms with Crippen molar-refractivity contribution in [2.75, 3.05) is 28.4 Å². The summed E-state index contributed by atoms with van der Waals surface area (Å²) in [4.78, 5) is 11.7. The van der Waals surface area contributed by atoms with Gasteiger partial charge in [-0.05, 0) is 36.4 Å². The Bertz CT molecular complexity index is 799. The van der Waals surface area contributed by atoms with E-state index in [0.29, 0.717) is 28.4 Å². The second kappa shape index (κ2) is 7.93. The minimum atomic E-state index is -0.453. The van der Waals surface area contributed by atoms with Gasteiger partial charge >= 0.3 is 5.97 Å². The fourth-order valence-electron chi connectivity index (χ4n) is 2.11. The number of hydrogen-bond acceptors (Lipinski definition) is 5. The SMILES string of the molecule is COC(=O)c1ccc(C#Cc2ccc(OC)c(OC)c2)cc1OC. The van der Waals surface area contributed by atoms with Crippen molar-refractivity contribution in [2.45, 2.75) is 0 Å². The fourth-order valence-corrected chi connectivity index (χ4v) is 2.11. The summed E-state index contributed by atoms with van der Waals surface area (Å²) < 4.78 is 20.4. The molecular weight excluding hydrogens is 308 g/mol. The van der Waals surface area contributed by atoms with Crippen molar-refractivity contribution in [1.82, 2.24) is 0 Å². The lowest BCUT2D eigenvalue weighted by atomic mass is 10.1. The number of hydrogen-bond donors (Lipinski definition) is 0. The average Bonchev–Trinajstić information content (AvgIpc) is 2.65. The molecule has 2 aromatic carbocycles. The molecule has 2 aromatic rings. The van der Waals surface area contributed by atoms with E-state index in [2.05, 4.69) is 11.8 Å². The van der Waals surface area contributed by atoms with Crippen molar-refractivity contribution < 1.29 is 23.7 Å². The first-order valence-electron chi connectivity index (χ1n) is 7.13. The smallest absolute Gasteiger partial charge is 0.341 e. The number of esters is 1. The first kappa shape index (κ1) is 17.2. The van der Waals surface area contributed by atoms with Crippen molar-refractivity contribution in [1.29, 1.82) is 0 Å². The Morgan fingerprint density at radius 1 is 0.750 bits per heavy atom. The molecule has 0 aliphatic rings. The van der Waals surface area contributed by atoms with Crippen molar-refractivity contribution in [3.05, 3.63) is 53.1 Å². The summed E-state index contributed by atoms with van der Waals surface area (Å²) in [5.74, 6) is 7.30. The number of benzene rings is 2. The molecule has 0 N–H and O–H groups in total. The van der Waals surface area contributed by atoms with E-state index in [9.17, 15) is 4.79 Å². The van der Waals surface area contributed by atoms with Gasteiger partial charge in [0.2, 0.25) is 0 Å². The van der Waals surface area contributed by atoms with E-state index < -0.39 is 5.97 Å². The van der Waals surface area contributed by atoms with Gasteiger partial charge in [-0.2, -0.15) is 0 Å². The van der Waals surface area contributed by atoms with Gasteiger partial charge in [-0.3, -0.25) is 0 Å². The van der Waals surface area contributed by atoms with Gasteiger partial charge in [-0.1, -0.05) is 11.8 Å². The van der Waals surface area contributed by atoms with Gasteiger partial charge in [0.15, 0.2) is 11.5 Å². The highest BCUT2D eigenvalue weighted by Gasteiger charge is 2.12. The first-order valence-corrected chi connectivity index (χ1v) is 7.13. The van der Waals surface area contributed by atoms with E-state index in [1.807, 2.05) is 6.07 Å². The van der Waals surface area contributed by atoms with Gasteiger partial charge in [0.05, 0.1) is 28.4 Å². The molecule has 0 unspecified atom stereocenters. The van der Waals surface area contributed by atoms with Crippen LogP contribution in [0.1, 0.15) is 21.5 Å². The maximum atomic E-state index is 11.7. The third-order valence-electron chi connectivity index (χ3n) is 3.34. The van der Waals surface area contributed by atoms with Crippen LogP contribution in [0.4, 0.5) is 0 Å². The Labute approximate surface area is 141 Å². The lowest BCUT2D eigenvalue weighted by Gasteiger charge is -2.07. The van der Waals surface area contributed by atoms with Crippen LogP contribution < -0.4 is 14.2 Å². The molecule has 5 nitrogen and oxygen atoms in total. The van der Waals surface area contributed by atoms with Gasteiger partial charge in [0.1, 0.15) is 11.3 Å². The van der Waals surface area contributed by atoms with E-state index in [-0.39, 0.29) is 0 Å². The Morgan fingerprint density at radius 3 is 1.83 bits per heavy atom. The molecule has 124 valence electrons. The summed E-state index contributed by atoms with van der Waals surface area (Å²) in [5, 5.41) is 0. The molecule has 0 amide bonds. The molecule has 2 rings (SSSR count). The second-order valence-corrected chi connectivity index (χ2v) is 4.73. The molecule has 0 fully saturated rings. The van der Waals surface area contributed by atoms with Crippen LogP contribution in [0.25, 0.3) is 0 Å². The Balaban J connectivity index is 2.32. The fraction of sp³-hybridized carbons (Fsp3) is 0.211. The summed E-state index contributed by atoms with van der Waals surface area (Å²) in [7, 11) is 5.98. The van der Waals surface area contributed by atoms with Crippen LogP contribution in [-0.2, 0) is 4.74 Å². The number of ether oxygens (including phenoxy) is 4. The molecule has 0 saturated heterocycles. The highest BCUT2D eigenvalue weighted by atomic mass is 16.5. The molecule has 0 spiro atoms. The third-order valence-corrected chi connectivity index (χ3v) is 3.34. The van der Waals surface area contributed by atoms with Crippen LogP contribution in [0.3, 0.4) is 0 Å². The lowest BCUT2D eigenvalue weighted by molar-refractivity contribution is 0.0597. The summed E-state index contributed by atoms with van der Waals surface area (Å²) >= 11 is 0. The predicted molar refractivity (Wildman–Crippen MR) is 89.9 cm³/mol. The van der Waals surface area contributed by atoms with Crippen LogP contribution in [0.2, 0.25) is 0 Å². The quantitative estimate of drug-likeness (QED) is 0.639. The zero-order valence-electron chi connectivity index (χ0n) is 14.0. The molecule has 24 heavy (non-hydrogen) atoms. The minimum absolute atomic E-state index is 0.358. The van der Waals surface area contributed by atoms with Crippen LogP contribution in [0.15, 0.2) is 36.4 Å². The summed E-state index contributed by atoms with van der Waals surface area (Å²) in [5.41, 5.74) is 1.86. The second-order valence-electron chi connectivity index (χ2n) is 4.73. The topological polar surface area (TPSA) is 54.0 Å². The first-order chi connectivity index (χ1) is 11.6. The number of methoxy groups -OCH3 is 4. The van der Waals surface area contributed by atoms with E-state index in [1.54, 1.807) is 44.6 Å². The summed E-state index contributed by atoms with van der Waals surface area (Å²) in [6.45, 7) is 0. The number of rotatable bonds is 4. The molecule has 0 atom stereocenters. The zero-order valence-corrected chi connectivity index (χ0v) is 14.0. The maximum absolute atomic E-state index is 11.7. The molecule has 0 saturated carbocycles. The third kappa shape index (κ3) is 3.79.